The molecule has 2 rings (SSSR count). The molecule has 0 aliphatic heterocycles. The Hall–Kier alpha value is -1.90. The molecule has 0 unspecified atom stereocenters. The van der Waals surface area contributed by atoms with Gasteiger partial charge in [-0.3, -0.25) is 4.99 Å². The maximum absolute atomic E-state index is 9.87. The van der Waals surface area contributed by atoms with Crippen LogP contribution in [-0.4, -0.2) is 29.8 Å². The summed E-state index contributed by atoms with van der Waals surface area (Å²) in [5.74, 6) is 1.61. The predicted molar refractivity (Wildman–Crippen MR) is 103 cm³/mol. The molecule has 0 saturated carbocycles. The number of hydrogen-bond donors (Lipinski definition) is 3. The second-order valence-electron chi connectivity index (χ2n) is 4.96. The molecule has 0 bridgehead atoms. The Bertz CT molecular complexity index is 655. The van der Waals surface area contributed by atoms with Gasteiger partial charge in [0.1, 0.15) is 11.5 Å². The zero-order valence-corrected chi connectivity index (χ0v) is 15.9. The predicted octanol–water partition coefficient (Wildman–Crippen LogP) is 2.22. The topological polar surface area (TPSA) is 70.8 Å². The third kappa shape index (κ3) is 5.66. The number of guanidine groups is 1. The SMILES string of the molecule is CN=C(NCc1ccn(C)c1)NCc1cc(OC)ccc1O.I. The van der Waals surface area contributed by atoms with E-state index in [4.69, 9.17) is 4.74 Å². The molecule has 6 nitrogen and oxygen atoms in total. The van der Waals surface area contributed by atoms with Crippen LogP contribution in [-0.2, 0) is 20.1 Å². The number of rotatable bonds is 5. The van der Waals surface area contributed by atoms with Crippen molar-refractivity contribution >= 4 is 29.9 Å². The molecule has 0 spiro atoms. The normalized spacial score (nSPS) is 10.8. The van der Waals surface area contributed by atoms with Crippen molar-refractivity contribution in [2.75, 3.05) is 14.2 Å². The van der Waals surface area contributed by atoms with E-state index in [1.54, 1.807) is 32.4 Å². The first-order valence-corrected chi connectivity index (χ1v) is 7.03. The van der Waals surface area contributed by atoms with Gasteiger partial charge in [-0.15, -0.1) is 24.0 Å². The van der Waals surface area contributed by atoms with Crippen molar-refractivity contribution in [2.45, 2.75) is 13.1 Å². The van der Waals surface area contributed by atoms with E-state index in [2.05, 4.69) is 15.6 Å². The summed E-state index contributed by atoms with van der Waals surface area (Å²) in [6, 6.07) is 7.19. The second-order valence-corrected chi connectivity index (χ2v) is 4.96. The Kier molecular flexibility index (Phi) is 7.73. The number of ether oxygens (including phenoxy) is 1. The lowest BCUT2D eigenvalue weighted by molar-refractivity contribution is 0.410. The van der Waals surface area contributed by atoms with E-state index in [1.807, 2.05) is 30.1 Å². The molecule has 1 aromatic heterocycles. The Labute approximate surface area is 153 Å². The molecule has 0 fully saturated rings. The molecule has 126 valence electrons. The third-order valence-corrected chi connectivity index (χ3v) is 3.31. The van der Waals surface area contributed by atoms with E-state index >= 15 is 0 Å². The first-order chi connectivity index (χ1) is 10.6. The van der Waals surface area contributed by atoms with Gasteiger partial charge in [-0.05, 0) is 29.8 Å². The van der Waals surface area contributed by atoms with Crippen LogP contribution < -0.4 is 15.4 Å². The van der Waals surface area contributed by atoms with Gasteiger partial charge in [0, 0.05) is 45.1 Å². The molecule has 7 heteroatoms. The minimum absolute atomic E-state index is 0. The lowest BCUT2D eigenvalue weighted by Crippen LogP contribution is -2.36. The van der Waals surface area contributed by atoms with Crippen molar-refractivity contribution in [3.63, 3.8) is 0 Å². The number of aryl methyl sites for hydroxylation is 1. The number of aromatic hydroxyl groups is 1. The molecule has 0 saturated heterocycles. The highest BCUT2D eigenvalue weighted by molar-refractivity contribution is 14.0. The molecular weight excluding hydrogens is 407 g/mol. The summed E-state index contributed by atoms with van der Waals surface area (Å²) in [6.07, 6.45) is 4.05. The molecule has 0 aliphatic rings. The largest absolute Gasteiger partial charge is 0.508 e. The van der Waals surface area contributed by atoms with Crippen LogP contribution >= 0.6 is 24.0 Å². The average Bonchev–Trinajstić information content (AvgIpc) is 2.94. The summed E-state index contributed by atoms with van der Waals surface area (Å²) in [7, 11) is 5.30. The summed E-state index contributed by atoms with van der Waals surface area (Å²) in [5.41, 5.74) is 1.93. The van der Waals surface area contributed by atoms with Crippen LogP contribution in [0.15, 0.2) is 41.7 Å². The summed E-state index contributed by atoms with van der Waals surface area (Å²) >= 11 is 0. The number of phenols is 1. The molecule has 1 heterocycles. The molecule has 1 aromatic carbocycles. The summed E-state index contributed by atoms with van der Waals surface area (Å²) in [6.45, 7) is 1.14. The smallest absolute Gasteiger partial charge is 0.191 e. The summed E-state index contributed by atoms with van der Waals surface area (Å²) < 4.78 is 7.17. The second kappa shape index (κ2) is 9.29. The van der Waals surface area contributed by atoms with Gasteiger partial charge in [0.25, 0.3) is 0 Å². The van der Waals surface area contributed by atoms with Crippen LogP contribution in [0.3, 0.4) is 0 Å². The number of aliphatic imine (C=N–C) groups is 1. The van der Waals surface area contributed by atoms with Crippen molar-refractivity contribution in [1.29, 1.82) is 0 Å². The van der Waals surface area contributed by atoms with Crippen molar-refractivity contribution in [1.82, 2.24) is 15.2 Å². The van der Waals surface area contributed by atoms with Crippen LogP contribution in [0.1, 0.15) is 11.1 Å². The van der Waals surface area contributed by atoms with Crippen LogP contribution in [0.2, 0.25) is 0 Å². The van der Waals surface area contributed by atoms with Crippen molar-refractivity contribution in [3.05, 3.63) is 47.8 Å². The number of aromatic nitrogens is 1. The minimum Gasteiger partial charge on any atom is -0.508 e. The van der Waals surface area contributed by atoms with E-state index in [0.717, 1.165) is 5.56 Å². The Morgan fingerprint density at radius 2 is 2.00 bits per heavy atom. The van der Waals surface area contributed by atoms with Gasteiger partial charge in [0.05, 0.1) is 7.11 Å². The highest BCUT2D eigenvalue weighted by Crippen LogP contribution is 2.22. The molecule has 0 radical (unpaired) electrons. The molecule has 0 aliphatic carbocycles. The van der Waals surface area contributed by atoms with E-state index in [1.165, 1.54) is 5.56 Å². The minimum atomic E-state index is 0. The molecule has 2 aromatic rings. The quantitative estimate of drug-likeness (QED) is 0.387. The number of methoxy groups -OCH3 is 1. The summed E-state index contributed by atoms with van der Waals surface area (Å²) in [4.78, 5) is 4.17. The first kappa shape index (κ1) is 19.1. The van der Waals surface area contributed by atoms with Crippen LogP contribution in [0.4, 0.5) is 0 Å². The fraction of sp³-hybridized carbons (Fsp3) is 0.312. The fourth-order valence-electron chi connectivity index (χ4n) is 2.08. The van der Waals surface area contributed by atoms with Crippen molar-refractivity contribution in [3.8, 4) is 11.5 Å². The van der Waals surface area contributed by atoms with Gasteiger partial charge < -0.3 is 25.0 Å². The third-order valence-electron chi connectivity index (χ3n) is 3.31. The molecule has 0 amide bonds. The molecule has 0 atom stereocenters. The van der Waals surface area contributed by atoms with Crippen LogP contribution in [0, 0.1) is 0 Å². The van der Waals surface area contributed by atoms with E-state index < -0.39 is 0 Å². The molecule has 23 heavy (non-hydrogen) atoms. The number of hydrogen-bond acceptors (Lipinski definition) is 3. The Balaban J connectivity index is 0.00000264. The number of nitrogens with zero attached hydrogens (tertiary/aromatic N) is 2. The first-order valence-electron chi connectivity index (χ1n) is 7.03. The summed E-state index contributed by atoms with van der Waals surface area (Å²) in [5, 5.41) is 16.3. The number of benzene rings is 1. The fourth-order valence-corrected chi connectivity index (χ4v) is 2.08. The zero-order chi connectivity index (χ0) is 15.9. The highest BCUT2D eigenvalue weighted by Gasteiger charge is 2.05. The van der Waals surface area contributed by atoms with Gasteiger partial charge >= 0.3 is 0 Å². The number of nitrogens with one attached hydrogen (secondary N) is 2. The highest BCUT2D eigenvalue weighted by atomic mass is 127. The van der Waals surface area contributed by atoms with E-state index in [9.17, 15) is 5.11 Å². The molecule has 3 N–H and O–H groups in total. The van der Waals surface area contributed by atoms with Gasteiger partial charge in [-0.1, -0.05) is 0 Å². The maximum Gasteiger partial charge on any atom is 0.191 e. The van der Waals surface area contributed by atoms with Gasteiger partial charge in [0.15, 0.2) is 5.96 Å². The lowest BCUT2D eigenvalue weighted by atomic mass is 10.2. The lowest BCUT2D eigenvalue weighted by Gasteiger charge is -2.13. The maximum atomic E-state index is 9.87. The standard InChI is InChI=1S/C16H22N4O2.HI/c1-17-16(18-9-12-6-7-20(2)11-12)19-10-13-8-14(22-3)4-5-15(13)21;/h4-8,11,21H,9-10H2,1-3H3,(H2,17,18,19);1H. The average molecular weight is 430 g/mol. The van der Waals surface area contributed by atoms with Crippen LogP contribution in [0.5, 0.6) is 11.5 Å². The van der Waals surface area contributed by atoms with E-state index in [0.29, 0.717) is 24.8 Å². The Morgan fingerprint density at radius 3 is 2.61 bits per heavy atom. The van der Waals surface area contributed by atoms with Gasteiger partial charge in [-0.25, -0.2) is 0 Å². The van der Waals surface area contributed by atoms with Gasteiger partial charge in [-0.2, -0.15) is 0 Å². The zero-order valence-electron chi connectivity index (χ0n) is 13.5. The van der Waals surface area contributed by atoms with Gasteiger partial charge in [0.2, 0.25) is 0 Å². The van der Waals surface area contributed by atoms with Crippen LogP contribution in [0.25, 0.3) is 0 Å². The number of phenolic OH excluding ortho intramolecular Hbond substituents is 1. The van der Waals surface area contributed by atoms with E-state index in [-0.39, 0.29) is 29.7 Å². The monoisotopic (exact) mass is 430 g/mol. The number of halogens is 1. The Morgan fingerprint density at radius 1 is 1.26 bits per heavy atom. The van der Waals surface area contributed by atoms with Crippen molar-refractivity contribution in [2.24, 2.45) is 12.0 Å². The van der Waals surface area contributed by atoms with Crippen molar-refractivity contribution < 1.29 is 9.84 Å². The molecular formula is C16H23IN4O2.